The standard InChI is InChI=1S/C16H21N3O/c1-5-8-18-15-10-17-9-14(19-15)13-7-6-11(2)12(3)16(13)20-4/h6-7,9-10H,5,8H2,1-4H3,(H,18,19). The molecular weight excluding hydrogens is 250 g/mol. The summed E-state index contributed by atoms with van der Waals surface area (Å²) in [6, 6.07) is 4.12. The van der Waals surface area contributed by atoms with E-state index in [1.165, 1.54) is 5.56 Å². The molecule has 1 N–H and O–H groups in total. The van der Waals surface area contributed by atoms with Gasteiger partial charge in [-0.15, -0.1) is 0 Å². The van der Waals surface area contributed by atoms with E-state index in [9.17, 15) is 0 Å². The molecule has 0 amide bonds. The average molecular weight is 271 g/mol. The molecule has 1 aromatic heterocycles. The fraction of sp³-hybridized carbons (Fsp3) is 0.375. The maximum absolute atomic E-state index is 5.54. The van der Waals surface area contributed by atoms with Crippen molar-refractivity contribution in [1.82, 2.24) is 9.97 Å². The van der Waals surface area contributed by atoms with Gasteiger partial charge in [-0.25, -0.2) is 4.98 Å². The molecule has 0 saturated heterocycles. The molecule has 0 unspecified atom stereocenters. The zero-order chi connectivity index (χ0) is 14.5. The zero-order valence-corrected chi connectivity index (χ0v) is 12.5. The third-order valence-electron chi connectivity index (χ3n) is 3.35. The molecular formula is C16H21N3O. The second-order valence-electron chi connectivity index (χ2n) is 4.80. The van der Waals surface area contributed by atoms with E-state index in [1.54, 1.807) is 19.5 Å². The van der Waals surface area contributed by atoms with E-state index in [0.717, 1.165) is 41.4 Å². The predicted molar refractivity (Wildman–Crippen MR) is 82.3 cm³/mol. The molecule has 106 valence electrons. The molecule has 20 heavy (non-hydrogen) atoms. The molecule has 0 aliphatic carbocycles. The molecule has 0 bridgehead atoms. The van der Waals surface area contributed by atoms with Crippen LogP contribution in [0.15, 0.2) is 24.5 Å². The quantitative estimate of drug-likeness (QED) is 0.902. The highest BCUT2D eigenvalue weighted by molar-refractivity contribution is 5.70. The van der Waals surface area contributed by atoms with Crippen molar-refractivity contribution >= 4 is 5.82 Å². The van der Waals surface area contributed by atoms with Crippen LogP contribution in [0, 0.1) is 13.8 Å². The number of aryl methyl sites for hydroxylation is 1. The monoisotopic (exact) mass is 271 g/mol. The lowest BCUT2D eigenvalue weighted by atomic mass is 10.0. The van der Waals surface area contributed by atoms with Crippen molar-refractivity contribution in [3.8, 4) is 17.0 Å². The highest BCUT2D eigenvalue weighted by Crippen LogP contribution is 2.33. The number of aromatic nitrogens is 2. The average Bonchev–Trinajstić information content (AvgIpc) is 2.48. The number of ether oxygens (including phenoxy) is 1. The summed E-state index contributed by atoms with van der Waals surface area (Å²) >= 11 is 0. The summed E-state index contributed by atoms with van der Waals surface area (Å²) in [5.74, 6) is 1.66. The Hall–Kier alpha value is -2.10. The SMILES string of the molecule is CCCNc1cncc(-c2ccc(C)c(C)c2OC)n1. The van der Waals surface area contributed by atoms with Crippen LogP contribution in [-0.2, 0) is 0 Å². The summed E-state index contributed by atoms with van der Waals surface area (Å²) in [5, 5.41) is 3.25. The number of nitrogens with one attached hydrogen (secondary N) is 1. The van der Waals surface area contributed by atoms with Crippen molar-refractivity contribution in [2.45, 2.75) is 27.2 Å². The third kappa shape index (κ3) is 2.90. The van der Waals surface area contributed by atoms with Gasteiger partial charge in [0.1, 0.15) is 11.6 Å². The second-order valence-corrected chi connectivity index (χ2v) is 4.80. The van der Waals surface area contributed by atoms with Crippen LogP contribution >= 0.6 is 0 Å². The Bertz CT molecular complexity index is 596. The van der Waals surface area contributed by atoms with E-state index in [0.29, 0.717) is 0 Å². The molecule has 0 radical (unpaired) electrons. The van der Waals surface area contributed by atoms with E-state index in [2.05, 4.69) is 42.1 Å². The number of rotatable bonds is 5. The van der Waals surface area contributed by atoms with E-state index in [1.807, 2.05) is 6.07 Å². The lowest BCUT2D eigenvalue weighted by Crippen LogP contribution is -2.03. The van der Waals surface area contributed by atoms with Crippen LogP contribution in [0.25, 0.3) is 11.3 Å². The lowest BCUT2D eigenvalue weighted by molar-refractivity contribution is 0.413. The van der Waals surface area contributed by atoms with Crippen LogP contribution in [0.2, 0.25) is 0 Å². The first-order valence-electron chi connectivity index (χ1n) is 6.87. The Labute approximate surface area is 120 Å². The summed E-state index contributed by atoms with van der Waals surface area (Å²) < 4.78 is 5.54. The van der Waals surface area contributed by atoms with Gasteiger partial charge in [-0.3, -0.25) is 4.98 Å². The fourth-order valence-corrected chi connectivity index (χ4v) is 2.09. The van der Waals surface area contributed by atoms with Crippen molar-refractivity contribution in [2.24, 2.45) is 0 Å². The van der Waals surface area contributed by atoms with Crippen molar-refractivity contribution < 1.29 is 4.74 Å². The van der Waals surface area contributed by atoms with Crippen LogP contribution in [0.1, 0.15) is 24.5 Å². The van der Waals surface area contributed by atoms with Gasteiger partial charge in [0, 0.05) is 12.1 Å². The van der Waals surface area contributed by atoms with Gasteiger partial charge in [-0.05, 0) is 37.5 Å². The predicted octanol–water partition coefficient (Wildman–Crippen LogP) is 3.59. The second kappa shape index (κ2) is 6.37. The number of hydrogen-bond acceptors (Lipinski definition) is 4. The van der Waals surface area contributed by atoms with Crippen molar-refractivity contribution in [3.63, 3.8) is 0 Å². The number of nitrogens with zero attached hydrogens (tertiary/aromatic N) is 2. The van der Waals surface area contributed by atoms with E-state index in [4.69, 9.17) is 4.74 Å². The van der Waals surface area contributed by atoms with Crippen LogP contribution in [0.4, 0.5) is 5.82 Å². The maximum atomic E-state index is 5.54. The van der Waals surface area contributed by atoms with Crippen LogP contribution < -0.4 is 10.1 Å². The van der Waals surface area contributed by atoms with Crippen LogP contribution in [0.3, 0.4) is 0 Å². The minimum absolute atomic E-state index is 0.796. The van der Waals surface area contributed by atoms with Crippen molar-refractivity contribution in [1.29, 1.82) is 0 Å². The highest BCUT2D eigenvalue weighted by Gasteiger charge is 2.12. The summed E-state index contributed by atoms with van der Waals surface area (Å²) in [7, 11) is 1.69. The molecule has 2 aromatic rings. The van der Waals surface area contributed by atoms with Gasteiger partial charge in [-0.1, -0.05) is 13.0 Å². The van der Waals surface area contributed by atoms with E-state index < -0.39 is 0 Å². The molecule has 0 atom stereocenters. The minimum atomic E-state index is 0.796. The molecule has 4 nitrogen and oxygen atoms in total. The lowest BCUT2D eigenvalue weighted by Gasteiger charge is -2.13. The van der Waals surface area contributed by atoms with Gasteiger partial charge in [0.15, 0.2) is 0 Å². The number of benzene rings is 1. The number of hydrogen-bond donors (Lipinski definition) is 1. The van der Waals surface area contributed by atoms with Gasteiger partial charge in [0.05, 0.1) is 25.2 Å². The molecule has 4 heteroatoms. The minimum Gasteiger partial charge on any atom is -0.496 e. The van der Waals surface area contributed by atoms with Gasteiger partial charge in [0.2, 0.25) is 0 Å². The molecule has 2 rings (SSSR count). The first-order valence-corrected chi connectivity index (χ1v) is 6.87. The Balaban J connectivity index is 2.43. The molecule has 0 aliphatic heterocycles. The Kier molecular flexibility index (Phi) is 4.56. The normalized spacial score (nSPS) is 10.4. The zero-order valence-electron chi connectivity index (χ0n) is 12.5. The molecule has 0 spiro atoms. The molecule has 0 aliphatic rings. The van der Waals surface area contributed by atoms with Crippen molar-refractivity contribution in [3.05, 3.63) is 35.7 Å². The van der Waals surface area contributed by atoms with Crippen LogP contribution in [0.5, 0.6) is 5.75 Å². The first kappa shape index (κ1) is 14.3. The smallest absolute Gasteiger partial charge is 0.145 e. The summed E-state index contributed by atoms with van der Waals surface area (Å²) in [4.78, 5) is 8.87. The van der Waals surface area contributed by atoms with E-state index >= 15 is 0 Å². The highest BCUT2D eigenvalue weighted by atomic mass is 16.5. The first-order chi connectivity index (χ1) is 9.67. The topological polar surface area (TPSA) is 47.0 Å². The molecule has 1 aromatic carbocycles. The number of anilines is 1. The molecule has 0 fully saturated rings. The largest absolute Gasteiger partial charge is 0.496 e. The Morgan fingerprint density at radius 2 is 2.00 bits per heavy atom. The van der Waals surface area contributed by atoms with Gasteiger partial charge in [0.25, 0.3) is 0 Å². The summed E-state index contributed by atoms with van der Waals surface area (Å²) in [6.07, 6.45) is 4.56. The Morgan fingerprint density at radius 1 is 1.20 bits per heavy atom. The van der Waals surface area contributed by atoms with Gasteiger partial charge in [-0.2, -0.15) is 0 Å². The van der Waals surface area contributed by atoms with Gasteiger partial charge >= 0.3 is 0 Å². The third-order valence-corrected chi connectivity index (χ3v) is 3.35. The van der Waals surface area contributed by atoms with Crippen LogP contribution in [-0.4, -0.2) is 23.6 Å². The summed E-state index contributed by atoms with van der Waals surface area (Å²) in [6.45, 7) is 7.15. The maximum Gasteiger partial charge on any atom is 0.145 e. The number of methoxy groups -OCH3 is 1. The molecule has 0 saturated carbocycles. The fourth-order valence-electron chi connectivity index (χ4n) is 2.09. The van der Waals surface area contributed by atoms with Gasteiger partial charge < -0.3 is 10.1 Å². The molecule has 1 heterocycles. The van der Waals surface area contributed by atoms with Crippen molar-refractivity contribution in [2.75, 3.05) is 19.0 Å². The van der Waals surface area contributed by atoms with E-state index in [-0.39, 0.29) is 0 Å². The Morgan fingerprint density at radius 3 is 2.70 bits per heavy atom. The summed E-state index contributed by atoms with van der Waals surface area (Å²) in [5.41, 5.74) is 4.15.